The molecule has 1 aliphatic heterocycles. The fourth-order valence-corrected chi connectivity index (χ4v) is 2.65. The second-order valence-corrected chi connectivity index (χ2v) is 5.05. The molecule has 0 unspecified atom stereocenters. The van der Waals surface area contributed by atoms with Crippen molar-refractivity contribution in [2.75, 3.05) is 19.6 Å². The zero-order valence-electron chi connectivity index (χ0n) is 9.77. The van der Waals surface area contributed by atoms with Crippen molar-refractivity contribution in [2.45, 2.75) is 19.3 Å². The zero-order valence-corrected chi connectivity index (χ0v) is 10.5. The number of hydrogen-bond acceptors (Lipinski definition) is 2. The summed E-state index contributed by atoms with van der Waals surface area (Å²) in [6.45, 7) is 3.60. The Hall–Kier alpha value is -1.06. The Bertz CT molecular complexity index is 514. The highest BCUT2D eigenvalue weighted by atomic mass is 35.5. The summed E-state index contributed by atoms with van der Waals surface area (Å²) in [5.74, 6) is 1.13. The summed E-state index contributed by atoms with van der Waals surface area (Å²) in [6.07, 6.45) is 7.60. The van der Waals surface area contributed by atoms with Crippen molar-refractivity contribution in [1.29, 1.82) is 0 Å². The number of halogens is 1. The number of rotatable bonds is 3. The standard InChI is InChI=1S/C13H16ClN3/c14-11-3-8-17-12(9-11)10-15-13(17)4-7-16-5-1-2-6-16/h3,8-10H,1-2,4-7H2. The molecule has 0 radical (unpaired) electrons. The van der Waals surface area contributed by atoms with Gasteiger partial charge < -0.3 is 9.30 Å². The summed E-state index contributed by atoms with van der Waals surface area (Å²) in [7, 11) is 0. The van der Waals surface area contributed by atoms with Gasteiger partial charge in [-0.1, -0.05) is 11.6 Å². The second-order valence-electron chi connectivity index (χ2n) is 4.61. The van der Waals surface area contributed by atoms with Gasteiger partial charge in [-0.3, -0.25) is 0 Å². The number of nitrogens with zero attached hydrogens (tertiary/aromatic N) is 3. The summed E-state index contributed by atoms with van der Waals surface area (Å²) in [5, 5.41) is 0.767. The van der Waals surface area contributed by atoms with Crippen molar-refractivity contribution >= 4 is 17.1 Å². The average molecular weight is 250 g/mol. The number of aromatic nitrogens is 2. The summed E-state index contributed by atoms with van der Waals surface area (Å²) >= 11 is 5.96. The molecule has 0 bridgehead atoms. The minimum atomic E-state index is 0.767. The van der Waals surface area contributed by atoms with E-state index in [1.165, 1.54) is 25.9 Å². The minimum absolute atomic E-state index is 0.767. The highest BCUT2D eigenvalue weighted by molar-refractivity contribution is 6.30. The van der Waals surface area contributed by atoms with Crippen LogP contribution >= 0.6 is 11.6 Å². The summed E-state index contributed by atoms with van der Waals surface area (Å²) in [6, 6.07) is 3.86. The van der Waals surface area contributed by atoms with Crippen molar-refractivity contribution in [2.24, 2.45) is 0 Å². The molecule has 0 amide bonds. The molecule has 0 aromatic carbocycles. The zero-order chi connectivity index (χ0) is 11.7. The van der Waals surface area contributed by atoms with Crippen LogP contribution in [0.1, 0.15) is 18.7 Å². The van der Waals surface area contributed by atoms with Crippen LogP contribution in [0, 0.1) is 0 Å². The van der Waals surface area contributed by atoms with Gasteiger partial charge in [-0.15, -0.1) is 0 Å². The number of pyridine rings is 1. The lowest BCUT2D eigenvalue weighted by Gasteiger charge is -2.13. The van der Waals surface area contributed by atoms with E-state index < -0.39 is 0 Å². The maximum Gasteiger partial charge on any atom is 0.114 e. The first-order valence-corrected chi connectivity index (χ1v) is 6.54. The van der Waals surface area contributed by atoms with Gasteiger partial charge in [0.15, 0.2) is 0 Å². The summed E-state index contributed by atoms with van der Waals surface area (Å²) in [4.78, 5) is 6.99. The van der Waals surface area contributed by atoms with E-state index >= 15 is 0 Å². The molecule has 1 aliphatic rings. The van der Waals surface area contributed by atoms with Crippen molar-refractivity contribution in [1.82, 2.24) is 14.3 Å². The number of hydrogen-bond donors (Lipinski definition) is 0. The van der Waals surface area contributed by atoms with Crippen LogP contribution in [-0.4, -0.2) is 33.9 Å². The van der Waals surface area contributed by atoms with Crippen LogP contribution in [0.5, 0.6) is 0 Å². The van der Waals surface area contributed by atoms with Gasteiger partial charge in [-0.25, -0.2) is 4.98 Å². The molecule has 0 saturated carbocycles. The van der Waals surface area contributed by atoms with Crippen LogP contribution in [0.2, 0.25) is 5.02 Å². The third kappa shape index (κ3) is 2.31. The third-order valence-corrected chi connectivity index (χ3v) is 3.66. The first-order valence-electron chi connectivity index (χ1n) is 6.17. The highest BCUT2D eigenvalue weighted by Crippen LogP contribution is 2.15. The monoisotopic (exact) mass is 249 g/mol. The molecule has 1 fully saturated rings. The molecule has 0 aliphatic carbocycles. The van der Waals surface area contributed by atoms with Gasteiger partial charge in [0.2, 0.25) is 0 Å². The van der Waals surface area contributed by atoms with Gasteiger partial charge >= 0.3 is 0 Å². The lowest BCUT2D eigenvalue weighted by molar-refractivity contribution is 0.340. The molecule has 2 aromatic rings. The molecule has 3 heterocycles. The van der Waals surface area contributed by atoms with Crippen LogP contribution in [0.4, 0.5) is 0 Å². The Morgan fingerprint density at radius 2 is 2.12 bits per heavy atom. The van der Waals surface area contributed by atoms with Crippen molar-refractivity contribution in [3.8, 4) is 0 Å². The van der Waals surface area contributed by atoms with Gasteiger partial charge in [-0.05, 0) is 38.1 Å². The minimum Gasteiger partial charge on any atom is -0.304 e. The molecule has 3 nitrogen and oxygen atoms in total. The van der Waals surface area contributed by atoms with Crippen LogP contribution < -0.4 is 0 Å². The Morgan fingerprint density at radius 1 is 1.29 bits per heavy atom. The SMILES string of the molecule is Clc1ccn2c(CCN3CCCC3)ncc2c1. The smallest absolute Gasteiger partial charge is 0.114 e. The molecule has 3 rings (SSSR count). The van der Waals surface area contributed by atoms with Crippen LogP contribution in [-0.2, 0) is 6.42 Å². The normalized spacial score (nSPS) is 17.0. The number of imidazole rings is 1. The maximum atomic E-state index is 5.96. The molecular formula is C13H16ClN3. The van der Waals surface area contributed by atoms with E-state index in [0.717, 1.165) is 29.3 Å². The Morgan fingerprint density at radius 3 is 2.94 bits per heavy atom. The van der Waals surface area contributed by atoms with E-state index in [9.17, 15) is 0 Å². The predicted molar refractivity (Wildman–Crippen MR) is 69.6 cm³/mol. The van der Waals surface area contributed by atoms with Crippen LogP contribution in [0.3, 0.4) is 0 Å². The van der Waals surface area contributed by atoms with E-state index in [1.54, 1.807) is 0 Å². The molecule has 4 heteroatoms. The quantitative estimate of drug-likeness (QED) is 0.834. The van der Waals surface area contributed by atoms with Gasteiger partial charge in [-0.2, -0.15) is 0 Å². The Kier molecular flexibility index (Phi) is 3.04. The van der Waals surface area contributed by atoms with E-state index in [2.05, 4.69) is 14.3 Å². The van der Waals surface area contributed by atoms with Gasteiger partial charge in [0, 0.05) is 24.2 Å². The van der Waals surface area contributed by atoms with Crippen LogP contribution in [0.15, 0.2) is 24.5 Å². The lowest BCUT2D eigenvalue weighted by atomic mass is 10.3. The lowest BCUT2D eigenvalue weighted by Crippen LogP contribution is -2.22. The largest absolute Gasteiger partial charge is 0.304 e. The molecular weight excluding hydrogens is 234 g/mol. The predicted octanol–water partition coefficient (Wildman–Crippen LogP) is 2.63. The van der Waals surface area contributed by atoms with Crippen LogP contribution in [0.25, 0.3) is 5.52 Å². The van der Waals surface area contributed by atoms with Crippen molar-refractivity contribution < 1.29 is 0 Å². The molecule has 2 aromatic heterocycles. The second kappa shape index (κ2) is 4.67. The fraction of sp³-hybridized carbons (Fsp3) is 0.462. The van der Waals surface area contributed by atoms with E-state index in [1.807, 2.05) is 24.5 Å². The molecule has 90 valence electrons. The third-order valence-electron chi connectivity index (χ3n) is 3.42. The number of fused-ring (bicyclic) bond motifs is 1. The Balaban J connectivity index is 1.76. The van der Waals surface area contributed by atoms with E-state index in [0.29, 0.717) is 0 Å². The average Bonchev–Trinajstić information content (AvgIpc) is 2.94. The highest BCUT2D eigenvalue weighted by Gasteiger charge is 2.12. The van der Waals surface area contributed by atoms with Gasteiger partial charge in [0.05, 0.1) is 11.7 Å². The molecule has 0 N–H and O–H groups in total. The molecule has 17 heavy (non-hydrogen) atoms. The maximum absolute atomic E-state index is 5.96. The molecule has 0 atom stereocenters. The first-order chi connectivity index (χ1) is 8.33. The van der Waals surface area contributed by atoms with Crippen molar-refractivity contribution in [3.05, 3.63) is 35.4 Å². The fourth-order valence-electron chi connectivity index (χ4n) is 2.48. The first kappa shape index (κ1) is 11.1. The molecule has 0 spiro atoms. The number of likely N-dealkylation sites (tertiary alicyclic amines) is 1. The van der Waals surface area contributed by atoms with Crippen molar-refractivity contribution in [3.63, 3.8) is 0 Å². The summed E-state index contributed by atoms with van der Waals surface area (Å²) < 4.78 is 2.13. The van der Waals surface area contributed by atoms with E-state index in [4.69, 9.17) is 11.6 Å². The van der Waals surface area contributed by atoms with E-state index in [-0.39, 0.29) is 0 Å². The summed E-state index contributed by atoms with van der Waals surface area (Å²) in [5.41, 5.74) is 1.08. The van der Waals surface area contributed by atoms with Gasteiger partial charge in [0.25, 0.3) is 0 Å². The van der Waals surface area contributed by atoms with Gasteiger partial charge in [0.1, 0.15) is 5.82 Å². The molecule has 1 saturated heterocycles. The topological polar surface area (TPSA) is 20.5 Å². The Labute approximate surface area is 106 Å².